The molecule has 0 atom stereocenters. The standard InChI is InChI=1S/C17H22ClF2N8O/c1-17(2)12-10(9-27(17)16(29)28(20)6-4-26(3)5-7-28)13(25-24-12)22-14-11(19)8-21-15(18)23-14/h8H,4-7,9H2,1-3H3,(H2,21,22,23,24,25)/q+1. The number of aromatic nitrogens is 4. The van der Waals surface area contributed by atoms with Crippen LogP contribution in [0.15, 0.2) is 6.20 Å². The van der Waals surface area contributed by atoms with Crippen molar-refractivity contribution in [2.24, 2.45) is 0 Å². The van der Waals surface area contributed by atoms with Crippen LogP contribution >= 0.6 is 11.6 Å². The zero-order valence-electron chi connectivity index (χ0n) is 16.3. The molecule has 2 N–H and O–H groups in total. The molecule has 0 saturated carbocycles. The number of piperazine rings is 1. The topological polar surface area (TPSA) is 90.0 Å². The summed E-state index contributed by atoms with van der Waals surface area (Å²) < 4.78 is 28.3. The second-order valence-corrected chi connectivity index (χ2v) is 8.27. The monoisotopic (exact) mass is 427 g/mol. The van der Waals surface area contributed by atoms with Gasteiger partial charge in [-0.2, -0.15) is 10.1 Å². The second-order valence-electron chi connectivity index (χ2n) is 7.93. The predicted octanol–water partition coefficient (Wildman–Crippen LogP) is 2.55. The number of nitrogens with zero attached hydrogens (tertiary/aromatic N) is 6. The number of quaternary nitrogens is 1. The van der Waals surface area contributed by atoms with Crippen molar-refractivity contribution in [1.82, 2.24) is 30.0 Å². The number of halogens is 3. The molecule has 0 spiro atoms. The maximum absolute atomic E-state index is 15.4. The summed E-state index contributed by atoms with van der Waals surface area (Å²) in [5, 5.41) is 9.75. The van der Waals surface area contributed by atoms with Gasteiger partial charge in [0, 0.05) is 10.0 Å². The Morgan fingerprint density at radius 3 is 2.72 bits per heavy atom. The average Bonchev–Trinajstić information content (AvgIpc) is 3.19. The fraction of sp³-hybridized carbons (Fsp3) is 0.529. The van der Waals surface area contributed by atoms with Crippen LogP contribution < -0.4 is 5.32 Å². The Bertz CT molecular complexity index is 957. The molecule has 2 aliphatic heterocycles. The molecule has 0 bridgehead atoms. The molecule has 9 nitrogen and oxygen atoms in total. The first-order chi connectivity index (χ1) is 13.6. The second kappa shape index (κ2) is 6.85. The van der Waals surface area contributed by atoms with Crippen molar-refractivity contribution in [1.29, 1.82) is 0 Å². The van der Waals surface area contributed by atoms with E-state index in [9.17, 15) is 9.18 Å². The molecule has 0 aliphatic carbocycles. The Balaban J connectivity index is 1.61. The maximum atomic E-state index is 15.4. The van der Waals surface area contributed by atoms with E-state index < -0.39 is 22.1 Å². The first-order valence-corrected chi connectivity index (χ1v) is 9.60. The summed E-state index contributed by atoms with van der Waals surface area (Å²) in [5.74, 6) is -0.516. The first kappa shape index (κ1) is 19.9. The number of hydrogen-bond donors (Lipinski definition) is 2. The zero-order valence-corrected chi connectivity index (χ0v) is 17.1. The Morgan fingerprint density at radius 1 is 1.34 bits per heavy atom. The third-order valence-corrected chi connectivity index (χ3v) is 5.85. The third kappa shape index (κ3) is 3.32. The summed E-state index contributed by atoms with van der Waals surface area (Å²) in [5.41, 5.74) is 0.509. The van der Waals surface area contributed by atoms with Gasteiger partial charge in [0.1, 0.15) is 13.1 Å². The number of carbonyl (C=O) groups excluding carboxylic acids is 1. The zero-order chi connectivity index (χ0) is 21.0. The molecule has 2 aromatic rings. The lowest BCUT2D eigenvalue weighted by Gasteiger charge is -2.38. The van der Waals surface area contributed by atoms with E-state index >= 15 is 4.48 Å². The molecule has 156 valence electrons. The largest absolute Gasteiger partial charge is 0.458 e. The Hall–Kier alpha value is -2.37. The van der Waals surface area contributed by atoms with Crippen molar-refractivity contribution in [3.05, 3.63) is 28.6 Å². The van der Waals surface area contributed by atoms with Crippen LogP contribution in [0, 0.1) is 5.82 Å². The number of H-pyrrole nitrogens is 1. The molecule has 2 aliphatic rings. The van der Waals surface area contributed by atoms with Gasteiger partial charge in [-0.3, -0.25) is 14.9 Å². The molecule has 4 rings (SSSR count). The smallest absolute Gasteiger partial charge is 0.321 e. The van der Waals surface area contributed by atoms with Gasteiger partial charge in [0.05, 0.1) is 37.1 Å². The summed E-state index contributed by atoms with van der Waals surface area (Å²) in [6, 6.07) is -0.588. The average molecular weight is 428 g/mol. The quantitative estimate of drug-likeness (QED) is 0.565. The van der Waals surface area contributed by atoms with Gasteiger partial charge in [-0.05, 0) is 37.2 Å². The lowest BCUT2D eigenvalue weighted by Crippen LogP contribution is -2.62. The number of hydrogen-bond acceptors (Lipinski definition) is 6. The van der Waals surface area contributed by atoms with Crippen LogP contribution in [-0.4, -0.2) is 73.9 Å². The van der Waals surface area contributed by atoms with E-state index in [0.29, 0.717) is 30.2 Å². The molecule has 0 radical (unpaired) electrons. The normalized spacial score (nSPS) is 20.6. The van der Waals surface area contributed by atoms with Crippen molar-refractivity contribution in [2.75, 3.05) is 38.5 Å². The molecule has 12 heteroatoms. The van der Waals surface area contributed by atoms with Gasteiger partial charge in [0.2, 0.25) is 5.28 Å². The van der Waals surface area contributed by atoms with Crippen LogP contribution in [0.3, 0.4) is 0 Å². The summed E-state index contributed by atoms with van der Waals surface area (Å²) in [7, 11) is 1.90. The molecule has 2 amide bonds. The van der Waals surface area contributed by atoms with Crippen LogP contribution in [0.4, 0.5) is 25.3 Å². The number of rotatable bonds is 2. The molecular weight excluding hydrogens is 406 g/mol. The van der Waals surface area contributed by atoms with E-state index in [1.807, 2.05) is 25.8 Å². The highest BCUT2D eigenvalue weighted by Gasteiger charge is 2.53. The highest BCUT2D eigenvalue weighted by Crippen LogP contribution is 2.42. The van der Waals surface area contributed by atoms with Crippen molar-refractivity contribution in [3.8, 4) is 0 Å². The van der Waals surface area contributed by atoms with Crippen molar-refractivity contribution >= 4 is 29.3 Å². The van der Waals surface area contributed by atoms with Crippen LogP contribution in [0.1, 0.15) is 25.1 Å². The van der Waals surface area contributed by atoms with Crippen LogP contribution in [0.2, 0.25) is 5.28 Å². The molecule has 0 unspecified atom stereocenters. The van der Waals surface area contributed by atoms with Gasteiger partial charge in [-0.1, -0.05) is 0 Å². The Morgan fingerprint density at radius 2 is 2.03 bits per heavy atom. The van der Waals surface area contributed by atoms with Crippen molar-refractivity contribution in [3.63, 3.8) is 0 Å². The van der Waals surface area contributed by atoms with Gasteiger partial charge in [-0.15, -0.1) is 0 Å². The highest BCUT2D eigenvalue weighted by atomic mass is 35.5. The number of urea groups is 1. The summed E-state index contributed by atoms with van der Waals surface area (Å²) in [6.45, 7) is 4.99. The number of aromatic amines is 1. The fourth-order valence-electron chi connectivity index (χ4n) is 3.76. The predicted molar refractivity (Wildman–Crippen MR) is 101 cm³/mol. The minimum atomic E-state index is -1.13. The van der Waals surface area contributed by atoms with Crippen LogP contribution in [-0.2, 0) is 12.1 Å². The molecule has 0 aromatic carbocycles. The van der Waals surface area contributed by atoms with E-state index in [1.54, 1.807) is 0 Å². The minimum Gasteiger partial charge on any atom is -0.321 e. The minimum absolute atomic E-state index is 0.101. The van der Waals surface area contributed by atoms with Gasteiger partial charge in [-0.25, -0.2) is 14.2 Å². The number of likely N-dealkylation sites (N-methyl/N-ethyl adjacent to an activating group) is 1. The van der Waals surface area contributed by atoms with Gasteiger partial charge in [0.25, 0.3) is 0 Å². The van der Waals surface area contributed by atoms with E-state index in [2.05, 4.69) is 25.5 Å². The first-order valence-electron chi connectivity index (χ1n) is 9.22. The summed E-state index contributed by atoms with van der Waals surface area (Å²) in [6.07, 6.45) is 0.953. The number of nitrogens with one attached hydrogen (secondary N) is 2. The number of fused-ring (bicyclic) bond motifs is 1. The molecule has 1 saturated heterocycles. The van der Waals surface area contributed by atoms with Gasteiger partial charge < -0.3 is 5.32 Å². The van der Waals surface area contributed by atoms with Gasteiger partial charge in [0.15, 0.2) is 17.5 Å². The van der Waals surface area contributed by atoms with E-state index in [4.69, 9.17) is 11.6 Å². The number of anilines is 2. The van der Waals surface area contributed by atoms with Gasteiger partial charge >= 0.3 is 6.03 Å². The highest BCUT2D eigenvalue weighted by molar-refractivity contribution is 6.28. The Labute approximate surface area is 171 Å². The maximum Gasteiger partial charge on any atom is 0.458 e. The molecule has 1 fully saturated rings. The fourth-order valence-corrected chi connectivity index (χ4v) is 3.89. The van der Waals surface area contributed by atoms with E-state index in [0.717, 1.165) is 6.20 Å². The molecule has 2 aromatic heterocycles. The van der Waals surface area contributed by atoms with Crippen LogP contribution in [0.5, 0.6) is 0 Å². The summed E-state index contributed by atoms with van der Waals surface area (Å²) in [4.78, 5) is 24.0. The summed E-state index contributed by atoms with van der Waals surface area (Å²) >= 11 is 5.74. The lowest BCUT2D eigenvalue weighted by atomic mass is 10.0. The van der Waals surface area contributed by atoms with Crippen LogP contribution in [0.25, 0.3) is 0 Å². The number of carbonyl (C=O) groups is 1. The van der Waals surface area contributed by atoms with Crippen molar-refractivity contribution in [2.45, 2.75) is 25.9 Å². The molecule has 4 heterocycles. The lowest BCUT2D eigenvalue weighted by molar-refractivity contribution is -0.994. The third-order valence-electron chi connectivity index (χ3n) is 5.67. The number of amides is 2. The molecule has 29 heavy (non-hydrogen) atoms. The SMILES string of the molecule is CN1CC[N+](F)(C(=O)N2Cc3c(Nc4nc(Cl)ncc4F)n[nH]c3C2(C)C)CC1. The van der Waals surface area contributed by atoms with E-state index in [1.165, 1.54) is 4.90 Å². The van der Waals surface area contributed by atoms with E-state index in [-0.39, 0.29) is 30.7 Å². The molecular formula is C17H22ClF2N8O+. The van der Waals surface area contributed by atoms with Crippen molar-refractivity contribution < 1.29 is 18.4 Å². The Kier molecular flexibility index (Phi) is 4.71.